The number of halogens is 2. The van der Waals surface area contributed by atoms with Gasteiger partial charge in [-0.15, -0.1) is 0 Å². The van der Waals surface area contributed by atoms with Gasteiger partial charge in [0, 0.05) is 11.1 Å². The molecule has 230 valence electrons. The number of imide groups is 1. The van der Waals surface area contributed by atoms with E-state index in [2.05, 4.69) is 0 Å². The molecule has 3 atom stereocenters. The van der Waals surface area contributed by atoms with E-state index in [-0.39, 0.29) is 29.2 Å². The van der Waals surface area contributed by atoms with E-state index in [9.17, 15) is 23.6 Å². The van der Waals surface area contributed by atoms with Crippen molar-refractivity contribution in [1.82, 2.24) is 9.80 Å². The highest BCUT2D eigenvalue weighted by Gasteiger charge is 2.55. The van der Waals surface area contributed by atoms with E-state index in [0.29, 0.717) is 31.2 Å². The largest absolute Gasteiger partial charge is 0.460 e. The van der Waals surface area contributed by atoms with Crippen LogP contribution < -0.4 is 0 Å². The number of fused-ring (bicyclic) bond motifs is 1. The van der Waals surface area contributed by atoms with Crippen LogP contribution in [0.25, 0.3) is 0 Å². The highest BCUT2D eigenvalue weighted by atomic mass is 35.5. The lowest BCUT2D eigenvalue weighted by atomic mass is 9.74. The molecule has 9 heteroatoms. The Kier molecular flexibility index (Phi) is 9.20. The molecule has 1 saturated heterocycles. The molecular weight excluding hydrogens is 583 g/mol. The van der Waals surface area contributed by atoms with Crippen LogP contribution in [0, 0.1) is 11.2 Å². The van der Waals surface area contributed by atoms with Crippen molar-refractivity contribution >= 4 is 35.3 Å². The van der Waals surface area contributed by atoms with E-state index in [4.69, 9.17) is 16.3 Å². The predicted molar refractivity (Wildman–Crippen MR) is 164 cm³/mol. The average Bonchev–Trinajstić information content (AvgIpc) is 3.58. The first kappa shape index (κ1) is 31.4. The van der Waals surface area contributed by atoms with Gasteiger partial charge < -0.3 is 9.64 Å². The number of esters is 1. The van der Waals surface area contributed by atoms with Crippen molar-refractivity contribution < 1.29 is 28.3 Å². The summed E-state index contributed by atoms with van der Waals surface area (Å²) in [6.45, 7) is 5.61. The third-order valence-electron chi connectivity index (χ3n) is 9.24. The van der Waals surface area contributed by atoms with Crippen LogP contribution in [0.5, 0.6) is 0 Å². The van der Waals surface area contributed by atoms with Crippen LogP contribution in [-0.2, 0) is 20.9 Å². The number of carbonyl (C=O) groups excluding carboxylic acids is 4. The molecule has 7 nitrogen and oxygen atoms in total. The highest BCUT2D eigenvalue weighted by molar-refractivity contribution is 6.30. The molecule has 2 aliphatic rings. The van der Waals surface area contributed by atoms with Gasteiger partial charge in [0.25, 0.3) is 11.8 Å². The Balaban J connectivity index is 1.55. The number of amides is 3. The number of hydrogen-bond donors (Lipinski definition) is 0. The van der Waals surface area contributed by atoms with E-state index in [1.54, 1.807) is 42.2 Å². The molecule has 0 aromatic heterocycles. The minimum absolute atomic E-state index is 0.0810. The minimum Gasteiger partial charge on any atom is -0.460 e. The molecule has 0 N–H and O–H groups in total. The van der Waals surface area contributed by atoms with Crippen LogP contribution in [0.15, 0.2) is 72.8 Å². The summed E-state index contributed by atoms with van der Waals surface area (Å²) >= 11 is 6.25. The molecule has 44 heavy (non-hydrogen) atoms. The number of likely N-dealkylation sites (tertiary alicyclic amines) is 1. The van der Waals surface area contributed by atoms with E-state index in [1.807, 2.05) is 44.2 Å². The molecule has 0 radical (unpaired) electrons. The first-order chi connectivity index (χ1) is 21.2. The van der Waals surface area contributed by atoms with Crippen LogP contribution in [0.1, 0.15) is 90.8 Å². The lowest BCUT2D eigenvalue weighted by molar-refractivity contribution is -0.165. The van der Waals surface area contributed by atoms with Gasteiger partial charge in [0.1, 0.15) is 18.5 Å². The van der Waals surface area contributed by atoms with Crippen LogP contribution in [0.3, 0.4) is 0 Å². The van der Waals surface area contributed by atoms with Gasteiger partial charge in [-0.3, -0.25) is 24.1 Å². The third kappa shape index (κ3) is 5.52. The van der Waals surface area contributed by atoms with Crippen LogP contribution in [0.2, 0.25) is 5.02 Å². The molecule has 3 aromatic rings. The van der Waals surface area contributed by atoms with Gasteiger partial charge in [0.15, 0.2) is 0 Å². The number of benzene rings is 3. The predicted octanol–water partition coefficient (Wildman–Crippen LogP) is 7.14. The monoisotopic (exact) mass is 618 g/mol. The van der Waals surface area contributed by atoms with Crippen molar-refractivity contribution in [1.29, 1.82) is 0 Å². The summed E-state index contributed by atoms with van der Waals surface area (Å²) in [5.41, 5.74) is 0.732. The highest BCUT2D eigenvalue weighted by Crippen LogP contribution is 2.48. The van der Waals surface area contributed by atoms with Gasteiger partial charge in [-0.25, -0.2) is 4.39 Å². The van der Waals surface area contributed by atoms with Crippen LogP contribution in [0.4, 0.5) is 4.39 Å². The first-order valence-electron chi connectivity index (χ1n) is 15.1. The van der Waals surface area contributed by atoms with Gasteiger partial charge >= 0.3 is 5.97 Å². The zero-order valence-corrected chi connectivity index (χ0v) is 25.9. The molecule has 3 aromatic carbocycles. The molecular formula is C35H36ClFN2O5. The maximum Gasteiger partial charge on any atom is 0.314 e. The van der Waals surface area contributed by atoms with E-state index in [1.165, 1.54) is 12.1 Å². The molecule has 1 fully saturated rings. The maximum atomic E-state index is 14.8. The Morgan fingerprint density at radius 3 is 2.11 bits per heavy atom. The Labute approximate surface area is 261 Å². The normalized spacial score (nSPS) is 18.8. The van der Waals surface area contributed by atoms with Crippen molar-refractivity contribution in [3.8, 4) is 0 Å². The molecule has 0 aliphatic carbocycles. The molecule has 0 spiro atoms. The van der Waals surface area contributed by atoms with Gasteiger partial charge in [-0.2, -0.15) is 0 Å². The van der Waals surface area contributed by atoms with E-state index < -0.39 is 53.0 Å². The van der Waals surface area contributed by atoms with Gasteiger partial charge in [0.2, 0.25) is 5.91 Å². The lowest BCUT2D eigenvalue weighted by Crippen LogP contribution is -2.57. The fourth-order valence-corrected chi connectivity index (χ4v) is 7.13. The summed E-state index contributed by atoms with van der Waals surface area (Å²) in [6, 6.07) is 17.6. The van der Waals surface area contributed by atoms with Crippen molar-refractivity contribution in [3.63, 3.8) is 0 Å². The zero-order chi connectivity index (χ0) is 31.6. The fourth-order valence-electron chi connectivity index (χ4n) is 6.90. The lowest BCUT2D eigenvalue weighted by Gasteiger charge is -2.43. The van der Waals surface area contributed by atoms with Crippen LogP contribution in [-0.4, -0.2) is 45.6 Å². The second-order valence-corrected chi connectivity index (χ2v) is 11.9. The summed E-state index contributed by atoms with van der Waals surface area (Å²) in [6.07, 6.45) is 1.79. The Hall–Kier alpha value is -4.04. The molecule has 5 rings (SSSR count). The number of carbonyl (C=O) groups is 4. The average molecular weight is 619 g/mol. The Bertz CT molecular complexity index is 1520. The van der Waals surface area contributed by atoms with Crippen molar-refractivity contribution in [3.05, 3.63) is 106 Å². The van der Waals surface area contributed by atoms with Gasteiger partial charge in [0.05, 0.1) is 22.6 Å². The summed E-state index contributed by atoms with van der Waals surface area (Å²) in [7, 11) is 0. The van der Waals surface area contributed by atoms with E-state index in [0.717, 1.165) is 10.5 Å². The second kappa shape index (κ2) is 12.9. The van der Waals surface area contributed by atoms with Gasteiger partial charge in [-0.1, -0.05) is 74.8 Å². The molecule has 2 aliphatic heterocycles. The summed E-state index contributed by atoms with van der Waals surface area (Å²) in [5, 5.41) is 0.183. The Morgan fingerprint density at radius 1 is 0.932 bits per heavy atom. The fraction of sp³-hybridized carbons (Fsp3) is 0.371. The Morgan fingerprint density at radius 2 is 1.55 bits per heavy atom. The SMILES string of the molecule is CC[C@H](C(=O)N1[C@H](c2cc(F)cc(Cl)c2)CC[C@@H]1C(CC)(CC)C(=O)OCc1ccccc1)N1C(=O)c2ccccc2C1=O. The number of ether oxygens (including phenoxy) is 1. The summed E-state index contributed by atoms with van der Waals surface area (Å²) in [5.74, 6) is -2.52. The summed E-state index contributed by atoms with van der Waals surface area (Å²) in [4.78, 5) is 58.4. The number of rotatable bonds is 10. The molecule has 0 bridgehead atoms. The molecule has 2 heterocycles. The molecule has 0 saturated carbocycles. The smallest absolute Gasteiger partial charge is 0.314 e. The standard InChI is InChI=1S/C35H36ClFN2O5/c1-4-28(39-31(40)26-14-10-11-15-27(26)32(39)41)33(42)38-29(23-18-24(36)20-25(37)19-23)16-17-30(38)35(5-2,6-3)34(43)44-21-22-12-8-7-9-13-22/h7-15,18-20,28-30H,4-6,16-17,21H2,1-3H3/t28-,29+,30-/m1/s1. The quantitative estimate of drug-likeness (QED) is 0.178. The maximum absolute atomic E-state index is 14.8. The summed E-state index contributed by atoms with van der Waals surface area (Å²) < 4.78 is 20.5. The van der Waals surface area contributed by atoms with Crippen molar-refractivity contribution in [2.45, 2.75) is 77.6 Å². The van der Waals surface area contributed by atoms with Crippen LogP contribution >= 0.6 is 11.6 Å². The number of hydrogen-bond acceptors (Lipinski definition) is 5. The van der Waals surface area contributed by atoms with Crippen molar-refractivity contribution in [2.75, 3.05) is 0 Å². The molecule has 0 unspecified atom stereocenters. The van der Waals surface area contributed by atoms with E-state index >= 15 is 0 Å². The second-order valence-electron chi connectivity index (χ2n) is 11.4. The zero-order valence-electron chi connectivity index (χ0n) is 25.1. The number of nitrogens with zero attached hydrogens (tertiary/aromatic N) is 2. The molecule has 3 amide bonds. The van der Waals surface area contributed by atoms with Crippen molar-refractivity contribution in [2.24, 2.45) is 5.41 Å². The topological polar surface area (TPSA) is 84.0 Å². The third-order valence-corrected chi connectivity index (χ3v) is 9.46. The minimum atomic E-state index is -1.12. The van der Waals surface area contributed by atoms with Gasteiger partial charge in [-0.05, 0) is 73.6 Å². The first-order valence-corrected chi connectivity index (χ1v) is 15.5.